The quantitative estimate of drug-likeness (QED) is 0.811. The molecular weight excluding hydrogens is 330 g/mol. The van der Waals surface area contributed by atoms with Gasteiger partial charge in [-0.25, -0.2) is 4.79 Å². The van der Waals surface area contributed by atoms with E-state index in [9.17, 15) is 9.59 Å². The topological polar surface area (TPSA) is 64.6 Å². The van der Waals surface area contributed by atoms with Crippen LogP contribution in [0.4, 0.5) is 0 Å². The lowest BCUT2D eigenvalue weighted by Gasteiger charge is -2.19. The van der Waals surface area contributed by atoms with Gasteiger partial charge in [-0.15, -0.1) is 0 Å². The molecule has 0 radical (unpaired) electrons. The third-order valence-corrected chi connectivity index (χ3v) is 4.53. The SMILES string of the molecule is COC(=O)[C@H](Cc1ccc(-c2ccccc2)cc1)NC(=O)[C@@H]1CCCO1. The third kappa shape index (κ3) is 4.49. The minimum Gasteiger partial charge on any atom is -0.467 e. The Balaban J connectivity index is 1.68. The van der Waals surface area contributed by atoms with Gasteiger partial charge in [0, 0.05) is 13.0 Å². The number of carbonyl (C=O) groups excluding carboxylic acids is 2. The summed E-state index contributed by atoms with van der Waals surface area (Å²) in [4.78, 5) is 24.3. The fourth-order valence-electron chi connectivity index (χ4n) is 3.08. The molecule has 0 unspecified atom stereocenters. The van der Waals surface area contributed by atoms with Gasteiger partial charge in [0.2, 0.25) is 5.91 Å². The van der Waals surface area contributed by atoms with Crippen LogP contribution in [0.5, 0.6) is 0 Å². The number of amides is 1. The molecule has 2 atom stereocenters. The second-order valence-electron chi connectivity index (χ2n) is 6.35. The first kappa shape index (κ1) is 18.1. The van der Waals surface area contributed by atoms with E-state index in [0.29, 0.717) is 19.4 Å². The Morgan fingerprint density at radius 2 is 1.81 bits per heavy atom. The summed E-state index contributed by atoms with van der Waals surface area (Å²) in [6.45, 7) is 0.585. The van der Waals surface area contributed by atoms with Gasteiger partial charge in [0.05, 0.1) is 7.11 Å². The Morgan fingerprint density at radius 3 is 2.42 bits per heavy atom. The number of benzene rings is 2. The predicted octanol–water partition coefficient (Wildman–Crippen LogP) is 2.73. The monoisotopic (exact) mass is 353 g/mol. The zero-order chi connectivity index (χ0) is 18.4. The molecule has 0 bridgehead atoms. The summed E-state index contributed by atoms with van der Waals surface area (Å²) >= 11 is 0. The molecule has 1 amide bonds. The summed E-state index contributed by atoms with van der Waals surface area (Å²) in [6.07, 6.45) is 1.45. The van der Waals surface area contributed by atoms with E-state index in [1.54, 1.807) is 0 Å². The van der Waals surface area contributed by atoms with Crippen LogP contribution in [0, 0.1) is 0 Å². The molecule has 1 saturated heterocycles. The minimum atomic E-state index is -0.723. The molecule has 0 saturated carbocycles. The molecule has 136 valence electrons. The van der Waals surface area contributed by atoms with Crippen LogP contribution < -0.4 is 5.32 Å². The van der Waals surface area contributed by atoms with Gasteiger partial charge >= 0.3 is 5.97 Å². The molecular formula is C21H23NO4. The first-order chi connectivity index (χ1) is 12.7. The van der Waals surface area contributed by atoms with Crippen molar-refractivity contribution in [2.24, 2.45) is 0 Å². The number of methoxy groups -OCH3 is 1. The molecule has 5 heteroatoms. The van der Waals surface area contributed by atoms with E-state index >= 15 is 0 Å². The highest BCUT2D eigenvalue weighted by Gasteiger charge is 2.28. The van der Waals surface area contributed by atoms with Crippen LogP contribution in [0.15, 0.2) is 54.6 Å². The molecule has 1 heterocycles. The molecule has 1 N–H and O–H groups in total. The highest BCUT2D eigenvalue weighted by atomic mass is 16.5. The lowest BCUT2D eigenvalue weighted by atomic mass is 10.0. The van der Waals surface area contributed by atoms with Crippen LogP contribution in [0.2, 0.25) is 0 Å². The van der Waals surface area contributed by atoms with Gasteiger partial charge < -0.3 is 14.8 Å². The molecule has 0 aliphatic carbocycles. The van der Waals surface area contributed by atoms with Gasteiger partial charge in [0.25, 0.3) is 0 Å². The molecule has 2 aromatic rings. The number of hydrogen-bond donors (Lipinski definition) is 1. The van der Waals surface area contributed by atoms with Crippen molar-refractivity contribution in [2.45, 2.75) is 31.4 Å². The van der Waals surface area contributed by atoms with Crippen molar-refractivity contribution in [3.63, 3.8) is 0 Å². The summed E-state index contributed by atoms with van der Waals surface area (Å²) in [5.74, 6) is -0.706. The number of nitrogens with one attached hydrogen (secondary N) is 1. The molecule has 1 aliphatic rings. The van der Waals surface area contributed by atoms with Gasteiger partial charge in [-0.05, 0) is 29.5 Å². The van der Waals surface area contributed by atoms with E-state index in [1.165, 1.54) is 7.11 Å². The third-order valence-electron chi connectivity index (χ3n) is 4.53. The number of hydrogen-bond acceptors (Lipinski definition) is 4. The molecule has 2 aromatic carbocycles. The maximum atomic E-state index is 12.3. The van der Waals surface area contributed by atoms with E-state index in [1.807, 2.05) is 54.6 Å². The van der Waals surface area contributed by atoms with Crippen LogP contribution in [-0.2, 0) is 25.5 Å². The van der Waals surface area contributed by atoms with Crippen LogP contribution >= 0.6 is 0 Å². The first-order valence-corrected chi connectivity index (χ1v) is 8.81. The summed E-state index contributed by atoms with van der Waals surface area (Å²) in [7, 11) is 1.33. The highest BCUT2D eigenvalue weighted by molar-refractivity contribution is 5.87. The summed E-state index contributed by atoms with van der Waals surface area (Å²) in [6, 6.07) is 17.3. The normalized spacial score (nSPS) is 17.5. The predicted molar refractivity (Wildman–Crippen MR) is 98.5 cm³/mol. The van der Waals surface area contributed by atoms with E-state index < -0.39 is 18.1 Å². The maximum absolute atomic E-state index is 12.3. The van der Waals surface area contributed by atoms with Crippen LogP contribution in [0.25, 0.3) is 11.1 Å². The summed E-state index contributed by atoms with van der Waals surface area (Å²) in [5.41, 5.74) is 3.19. The average Bonchev–Trinajstić information content (AvgIpc) is 3.23. The van der Waals surface area contributed by atoms with E-state index in [2.05, 4.69) is 5.32 Å². The molecule has 1 fully saturated rings. The number of esters is 1. The van der Waals surface area contributed by atoms with E-state index in [-0.39, 0.29) is 5.91 Å². The van der Waals surface area contributed by atoms with Crippen molar-refractivity contribution in [1.82, 2.24) is 5.32 Å². The second-order valence-corrected chi connectivity index (χ2v) is 6.35. The van der Waals surface area contributed by atoms with Crippen molar-refractivity contribution < 1.29 is 19.1 Å². The Morgan fingerprint density at radius 1 is 1.12 bits per heavy atom. The standard InChI is InChI=1S/C21H23NO4/c1-25-21(24)18(22-20(23)19-8-5-13-26-19)14-15-9-11-17(12-10-15)16-6-3-2-4-7-16/h2-4,6-7,9-12,18-19H,5,8,13-14H2,1H3,(H,22,23)/t18-,19-/m0/s1. The van der Waals surface area contributed by atoms with Crippen molar-refractivity contribution in [1.29, 1.82) is 0 Å². The maximum Gasteiger partial charge on any atom is 0.328 e. The smallest absolute Gasteiger partial charge is 0.328 e. The Labute approximate surface area is 153 Å². The van der Waals surface area contributed by atoms with Crippen LogP contribution in [-0.4, -0.2) is 37.7 Å². The van der Waals surface area contributed by atoms with Crippen LogP contribution in [0.3, 0.4) is 0 Å². The van der Waals surface area contributed by atoms with Gasteiger partial charge in [0.1, 0.15) is 12.1 Å². The van der Waals surface area contributed by atoms with Crippen molar-refractivity contribution in [3.05, 3.63) is 60.2 Å². The van der Waals surface area contributed by atoms with Gasteiger partial charge in [-0.1, -0.05) is 54.6 Å². The zero-order valence-corrected chi connectivity index (χ0v) is 14.8. The number of ether oxygens (including phenoxy) is 2. The zero-order valence-electron chi connectivity index (χ0n) is 14.8. The fourth-order valence-corrected chi connectivity index (χ4v) is 3.08. The molecule has 5 nitrogen and oxygen atoms in total. The van der Waals surface area contributed by atoms with E-state index in [4.69, 9.17) is 9.47 Å². The van der Waals surface area contributed by atoms with E-state index in [0.717, 1.165) is 23.1 Å². The van der Waals surface area contributed by atoms with Crippen molar-refractivity contribution >= 4 is 11.9 Å². The Kier molecular flexibility index (Phi) is 6.02. The molecule has 1 aliphatic heterocycles. The second kappa shape index (κ2) is 8.63. The molecule has 26 heavy (non-hydrogen) atoms. The lowest BCUT2D eigenvalue weighted by Crippen LogP contribution is -2.47. The molecule has 0 aromatic heterocycles. The number of rotatable bonds is 6. The molecule has 0 spiro atoms. The van der Waals surface area contributed by atoms with Crippen LogP contribution in [0.1, 0.15) is 18.4 Å². The van der Waals surface area contributed by atoms with Gasteiger partial charge in [0.15, 0.2) is 0 Å². The van der Waals surface area contributed by atoms with Crippen molar-refractivity contribution in [3.8, 4) is 11.1 Å². The minimum absolute atomic E-state index is 0.251. The Bertz CT molecular complexity index is 736. The highest BCUT2D eigenvalue weighted by Crippen LogP contribution is 2.20. The number of carbonyl (C=O) groups is 2. The molecule has 3 rings (SSSR count). The first-order valence-electron chi connectivity index (χ1n) is 8.81. The summed E-state index contributed by atoms with van der Waals surface area (Å²) in [5, 5.41) is 2.77. The summed E-state index contributed by atoms with van der Waals surface area (Å²) < 4.78 is 10.2. The van der Waals surface area contributed by atoms with Gasteiger partial charge in [-0.2, -0.15) is 0 Å². The van der Waals surface area contributed by atoms with Gasteiger partial charge in [-0.3, -0.25) is 4.79 Å². The fraction of sp³-hybridized carbons (Fsp3) is 0.333. The Hall–Kier alpha value is -2.66. The average molecular weight is 353 g/mol. The largest absolute Gasteiger partial charge is 0.467 e. The van der Waals surface area contributed by atoms with Crippen molar-refractivity contribution in [2.75, 3.05) is 13.7 Å². The lowest BCUT2D eigenvalue weighted by molar-refractivity contribution is -0.146.